The highest BCUT2D eigenvalue weighted by Gasteiger charge is 2.45. The Kier molecular flexibility index (Phi) is 10.6. The Morgan fingerprint density at radius 3 is 2.36 bits per heavy atom. The monoisotopic (exact) mass is 716 g/mol. The van der Waals surface area contributed by atoms with Crippen molar-refractivity contribution in [3.63, 3.8) is 0 Å². The number of thiazole rings is 1. The van der Waals surface area contributed by atoms with Crippen LogP contribution in [0, 0.1) is 0 Å². The van der Waals surface area contributed by atoms with E-state index < -0.39 is 41.0 Å². The molecule has 0 bridgehead atoms. The minimum Gasteiger partial charge on any atom is -0.490 e. The van der Waals surface area contributed by atoms with Crippen LogP contribution in [0.4, 0.5) is 13.2 Å². The summed E-state index contributed by atoms with van der Waals surface area (Å²) in [5.74, 6) is -1.37. The first kappa shape index (κ1) is 33.3. The van der Waals surface area contributed by atoms with Crippen molar-refractivity contribution in [3.8, 4) is 11.5 Å². The minimum absolute atomic E-state index is 0.0314. The molecular weight excluding hydrogens is 693 g/mol. The summed E-state index contributed by atoms with van der Waals surface area (Å²) in [6.07, 6.45) is -3.58. The second-order valence-electron chi connectivity index (χ2n) is 8.97. The van der Waals surface area contributed by atoms with Gasteiger partial charge in [0, 0.05) is 5.02 Å². The van der Waals surface area contributed by atoms with Crippen LogP contribution < -0.4 is 24.4 Å². The van der Waals surface area contributed by atoms with Crippen LogP contribution in [0.15, 0.2) is 61.9 Å². The molecule has 15 heteroatoms. The SMILES string of the molecule is CCOC(=O)COc1c(Br)cc(/C=c2\sc3n(c2=O)[C@@H](c2ccc(Cl)cc2)C(C(=O)OCC)=C(C(F)(F)F)N=3)cc1OCC. The molecule has 0 aliphatic carbocycles. The predicted octanol–water partition coefficient (Wildman–Crippen LogP) is 5.10. The fourth-order valence-electron chi connectivity index (χ4n) is 4.36. The number of esters is 2. The van der Waals surface area contributed by atoms with Crippen molar-refractivity contribution in [2.45, 2.75) is 33.0 Å². The fraction of sp³-hybridized carbons (Fsp3) is 0.310. The van der Waals surface area contributed by atoms with E-state index in [9.17, 15) is 27.6 Å². The van der Waals surface area contributed by atoms with Crippen LogP contribution in [-0.4, -0.2) is 49.1 Å². The molecule has 0 saturated carbocycles. The normalized spacial score (nSPS) is 15.0. The van der Waals surface area contributed by atoms with Gasteiger partial charge in [0.25, 0.3) is 5.56 Å². The molecule has 0 radical (unpaired) electrons. The zero-order chi connectivity index (χ0) is 32.2. The highest BCUT2D eigenvalue weighted by Crippen LogP contribution is 2.39. The van der Waals surface area contributed by atoms with Crippen molar-refractivity contribution in [1.29, 1.82) is 0 Å². The number of fused-ring (bicyclic) bond motifs is 1. The molecule has 0 fully saturated rings. The number of allylic oxidation sites excluding steroid dienone is 1. The number of ether oxygens (including phenoxy) is 4. The molecule has 2 heterocycles. The molecular formula is C29H25BrClF3N2O7S. The van der Waals surface area contributed by atoms with Crippen LogP contribution in [0.2, 0.25) is 5.02 Å². The number of halogens is 5. The molecule has 44 heavy (non-hydrogen) atoms. The lowest BCUT2D eigenvalue weighted by atomic mass is 9.95. The van der Waals surface area contributed by atoms with Gasteiger partial charge >= 0.3 is 18.1 Å². The molecule has 1 atom stereocenters. The standard InChI is InChI=1S/C29H25BrClF3N2O7S/c1-4-40-19-12-15(11-18(30)24(19)43-14-21(37)41-5-2)13-20-26(38)36-23(16-7-9-17(31)10-8-16)22(27(39)42-6-3)25(29(32,33)34)35-28(36)44-20/h7-13,23H,4-6,14H2,1-3H3/b20-13-/t23-/m0/s1. The zero-order valence-corrected chi connectivity index (χ0v) is 26.7. The summed E-state index contributed by atoms with van der Waals surface area (Å²) < 4.78 is 65.6. The van der Waals surface area contributed by atoms with Crippen molar-refractivity contribution in [2.24, 2.45) is 4.99 Å². The summed E-state index contributed by atoms with van der Waals surface area (Å²) in [6, 6.07) is 7.40. The summed E-state index contributed by atoms with van der Waals surface area (Å²) in [5, 5.41) is 0.309. The number of hydrogen-bond donors (Lipinski definition) is 0. The quantitative estimate of drug-likeness (QED) is 0.269. The predicted molar refractivity (Wildman–Crippen MR) is 160 cm³/mol. The van der Waals surface area contributed by atoms with Gasteiger partial charge in [-0.05, 0) is 78.2 Å². The summed E-state index contributed by atoms with van der Waals surface area (Å²) in [7, 11) is 0. The summed E-state index contributed by atoms with van der Waals surface area (Å²) >= 11 is 10.1. The molecule has 0 spiro atoms. The van der Waals surface area contributed by atoms with Crippen LogP contribution in [-0.2, 0) is 19.1 Å². The van der Waals surface area contributed by atoms with Crippen LogP contribution >= 0.6 is 38.9 Å². The molecule has 234 valence electrons. The van der Waals surface area contributed by atoms with Gasteiger partial charge in [-0.3, -0.25) is 9.36 Å². The molecule has 9 nitrogen and oxygen atoms in total. The first-order valence-electron chi connectivity index (χ1n) is 13.2. The van der Waals surface area contributed by atoms with Gasteiger partial charge in [-0.2, -0.15) is 13.2 Å². The van der Waals surface area contributed by atoms with Gasteiger partial charge in [-0.1, -0.05) is 35.1 Å². The Morgan fingerprint density at radius 2 is 1.75 bits per heavy atom. The molecule has 1 aliphatic heterocycles. The first-order chi connectivity index (χ1) is 20.9. The van der Waals surface area contributed by atoms with Gasteiger partial charge < -0.3 is 18.9 Å². The first-order valence-corrected chi connectivity index (χ1v) is 15.2. The van der Waals surface area contributed by atoms with Gasteiger partial charge in [-0.25, -0.2) is 14.6 Å². The second-order valence-corrected chi connectivity index (χ2v) is 11.3. The van der Waals surface area contributed by atoms with E-state index in [1.165, 1.54) is 37.3 Å². The van der Waals surface area contributed by atoms with E-state index in [0.29, 0.717) is 15.1 Å². The summed E-state index contributed by atoms with van der Waals surface area (Å²) in [6.45, 7) is 4.72. The molecule has 0 N–H and O–H groups in total. The zero-order valence-electron chi connectivity index (χ0n) is 23.5. The lowest BCUT2D eigenvalue weighted by Crippen LogP contribution is -2.41. The van der Waals surface area contributed by atoms with Crippen LogP contribution in [0.3, 0.4) is 0 Å². The molecule has 0 unspecified atom stereocenters. The van der Waals surface area contributed by atoms with Gasteiger partial charge in [0.2, 0.25) is 0 Å². The van der Waals surface area contributed by atoms with Crippen molar-refractivity contribution >= 4 is 56.9 Å². The Morgan fingerprint density at radius 1 is 1.07 bits per heavy atom. The summed E-state index contributed by atoms with van der Waals surface area (Å²) in [5.41, 5.74) is -2.32. The van der Waals surface area contributed by atoms with Crippen LogP contribution in [0.1, 0.15) is 37.9 Å². The van der Waals surface area contributed by atoms with E-state index in [1.54, 1.807) is 26.0 Å². The van der Waals surface area contributed by atoms with Crippen molar-refractivity contribution < 1.29 is 41.7 Å². The van der Waals surface area contributed by atoms with E-state index in [-0.39, 0.29) is 52.8 Å². The van der Waals surface area contributed by atoms with Crippen molar-refractivity contribution in [3.05, 3.63) is 88.0 Å². The van der Waals surface area contributed by atoms with E-state index in [2.05, 4.69) is 20.9 Å². The molecule has 1 aromatic heterocycles. The number of rotatable bonds is 10. The third kappa shape index (κ3) is 7.19. The molecule has 0 saturated heterocycles. The largest absolute Gasteiger partial charge is 0.490 e. The average Bonchev–Trinajstić information content (AvgIpc) is 3.26. The van der Waals surface area contributed by atoms with Crippen LogP contribution in [0.5, 0.6) is 11.5 Å². The fourth-order valence-corrected chi connectivity index (χ4v) is 6.06. The Labute approximate surface area is 266 Å². The smallest absolute Gasteiger partial charge is 0.434 e. The molecule has 4 rings (SSSR count). The number of carbonyl (C=O) groups excluding carboxylic acids is 2. The number of alkyl halides is 3. The summed E-state index contributed by atoms with van der Waals surface area (Å²) in [4.78, 5) is 42.1. The van der Waals surface area contributed by atoms with E-state index in [4.69, 9.17) is 30.5 Å². The average molecular weight is 718 g/mol. The third-order valence-corrected chi connectivity index (χ3v) is 7.87. The maximum Gasteiger partial charge on any atom is 0.434 e. The molecule has 1 aliphatic rings. The van der Waals surface area contributed by atoms with E-state index >= 15 is 0 Å². The van der Waals surface area contributed by atoms with Gasteiger partial charge in [0.15, 0.2) is 28.6 Å². The molecule has 3 aromatic rings. The topological polar surface area (TPSA) is 105 Å². The Bertz CT molecular complexity index is 1790. The third-order valence-electron chi connectivity index (χ3n) is 6.05. The lowest BCUT2D eigenvalue weighted by Gasteiger charge is -2.26. The van der Waals surface area contributed by atoms with Gasteiger partial charge in [0.1, 0.15) is 0 Å². The number of carbonyl (C=O) groups is 2. The Balaban J connectivity index is 1.91. The minimum atomic E-state index is -5.03. The second kappa shape index (κ2) is 14.0. The highest BCUT2D eigenvalue weighted by atomic mass is 79.9. The van der Waals surface area contributed by atoms with Crippen molar-refractivity contribution in [2.75, 3.05) is 26.4 Å². The molecule has 2 aromatic carbocycles. The number of benzene rings is 2. The maximum atomic E-state index is 14.3. The van der Waals surface area contributed by atoms with Gasteiger partial charge in [-0.15, -0.1) is 0 Å². The lowest BCUT2D eigenvalue weighted by molar-refractivity contribution is -0.145. The van der Waals surface area contributed by atoms with E-state index in [1.807, 2.05) is 0 Å². The highest BCUT2D eigenvalue weighted by molar-refractivity contribution is 9.10. The van der Waals surface area contributed by atoms with E-state index in [0.717, 1.165) is 15.9 Å². The van der Waals surface area contributed by atoms with Crippen LogP contribution in [0.25, 0.3) is 6.08 Å². The maximum absolute atomic E-state index is 14.3. The van der Waals surface area contributed by atoms with Crippen molar-refractivity contribution in [1.82, 2.24) is 4.57 Å². The van der Waals surface area contributed by atoms with Gasteiger partial charge in [0.05, 0.1) is 40.4 Å². The molecule has 0 amide bonds. The number of nitrogens with zero attached hydrogens (tertiary/aromatic N) is 2. The number of aromatic nitrogens is 1. The Hall–Kier alpha value is -3.62. The number of hydrogen-bond acceptors (Lipinski definition) is 9.